The Hall–Kier alpha value is -0.970. The van der Waals surface area contributed by atoms with Gasteiger partial charge in [-0.3, -0.25) is 0 Å². The summed E-state index contributed by atoms with van der Waals surface area (Å²) >= 11 is 0. The van der Waals surface area contributed by atoms with Gasteiger partial charge >= 0.3 is 0 Å². The summed E-state index contributed by atoms with van der Waals surface area (Å²) in [6, 6.07) is 6.16. The summed E-state index contributed by atoms with van der Waals surface area (Å²) in [5.41, 5.74) is 0.630. The summed E-state index contributed by atoms with van der Waals surface area (Å²) in [7, 11) is 1.80. The maximum atomic E-state index is 13.1. The van der Waals surface area contributed by atoms with Crippen molar-refractivity contribution in [3.05, 3.63) is 35.6 Å². The highest BCUT2D eigenvalue weighted by atomic mass is 19.1. The van der Waals surface area contributed by atoms with Gasteiger partial charge in [0.15, 0.2) is 0 Å². The summed E-state index contributed by atoms with van der Waals surface area (Å²) in [5.74, 6) is 0.518. The molecule has 4 heteroatoms. The van der Waals surface area contributed by atoms with Crippen molar-refractivity contribution in [3.8, 4) is 0 Å². The van der Waals surface area contributed by atoms with Crippen molar-refractivity contribution in [2.45, 2.75) is 50.7 Å². The molecule has 1 aromatic carbocycles. The number of rotatable bonds is 8. The van der Waals surface area contributed by atoms with Crippen LogP contribution in [0.15, 0.2) is 24.3 Å². The lowest BCUT2D eigenvalue weighted by Gasteiger charge is -2.27. The Morgan fingerprint density at radius 3 is 2.77 bits per heavy atom. The summed E-state index contributed by atoms with van der Waals surface area (Å²) in [6.07, 6.45) is 7.09. The van der Waals surface area contributed by atoms with Gasteiger partial charge in [0.2, 0.25) is 0 Å². The lowest BCUT2D eigenvalue weighted by molar-refractivity contribution is 0.0552. The zero-order chi connectivity index (χ0) is 15.8. The van der Waals surface area contributed by atoms with Gasteiger partial charge in [0.25, 0.3) is 0 Å². The van der Waals surface area contributed by atoms with E-state index in [1.165, 1.54) is 44.2 Å². The first-order chi connectivity index (χ1) is 10.7. The SMILES string of the molecule is COC1CCC(CCCNC[C@H](O)c2cccc(F)c2)CC1. The first-order valence-electron chi connectivity index (χ1n) is 8.36. The van der Waals surface area contributed by atoms with E-state index in [1.807, 2.05) is 0 Å². The van der Waals surface area contributed by atoms with E-state index < -0.39 is 6.10 Å². The number of hydrogen-bond donors (Lipinski definition) is 2. The lowest BCUT2D eigenvalue weighted by atomic mass is 9.84. The number of aliphatic hydroxyl groups is 1. The van der Waals surface area contributed by atoms with Crippen molar-refractivity contribution in [2.24, 2.45) is 5.92 Å². The number of benzene rings is 1. The van der Waals surface area contributed by atoms with Gasteiger partial charge in [-0.25, -0.2) is 4.39 Å². The molecule has 1 aliphatic carbocycles. The Balaban J connectivity index is 1.56. The van der Waals surface area contributed by atoms with Gasteiger partial charge in [0.1, 0.15) is 5.82 Å². The van der Waals surface area contributed by atoms with Crippen molar-refractivity contribution in [1.29, 1.82) is 0 Å². The molecule has 0 aromatic heterocycles. The molecule has 1 aromatic rings. The van der Waals surface area contributed by atoms with Crippen LogP contribution >= 0.6 is 0 Å². The molecule has 2 rings (SSSR count). The lowest BCUT2D eigenvalue weighted by Crippen LogP contribution is -2.24. The maximum absolute atomic E-state index is 13.1. The van der Waals surface area contributed by atoms with Crippen LogP contribution in [-0.4, -0.2) is 31.4 Å². The summed E-state index contributed by atoms with van der Waals surface area (Å²) in [6.45, 7) is 1.37. The predicted molar refractivity (Wildman–Crippen MR) is 86.2 cm³/mol. The maximum Gasteiger partial charge on any atom is 0.123 e. The van der Waals surface area contributed by atoms with Crippen LogP contribution in [0, 0.1) is 11.7 Å². The third-order valence-electron chi connectivity index (χ3n) is 4.66. The van der Waals surface area contributed by atoms with Crippen LogP contribution in [-0.2, 0) is 4.74 Å². The minimum atomic E-state index is -0.646. The summed E-state index contributed by atoms with van der Waals surface area (Å²) in [5, 5.41) is 13.3. The van der Waals surface area contributed by atoms with Crippen molar-refractivity contribution in [2.75, 3.05) is 20.2 Å². The highest BCUT2D eigenvalue weighted by Crippen LogP contribution is 2.28. The number of methoxy groups -OCH3 is 1. The molecule has 1 fully saturated rings. The van der Waals surface area contributed by atoms with Crippen LogP contribution in [0.2, 0.25) is 0 Å². The third-order valence-corrected chi connectivity index (χ3v) is 4.66. The van der Waals surface area contributed by atoms with Crippen LogP contribution in [0.5, 0.6) is 0 Å². The molecule has 1 saturated carbocycles. The Kier molecular flexibility index (Phi) is 7.30. The van der Waals surface area contributed by atoms with Crippen molar-refractivity contribution in [1.82, 2.24) is 5.32 Å². The topological polar surface area (TPSA) is 41.5 Å². The second-order valence-corrected chi connectivity index (χ2v) is 6.30. The van der Waals surface area contributed by atoms with E-state index in [9.17, 15) is 9.50 Å². The van der Waals surface area contributed by atoms with Crippen molar-refractivity contribution >= 4 is 0 Å². The minimum absolute atomic E-state index is 0.303. The number of hydrogen-bond acceptors (Lipinski definition) is 3. The standard InChI is InChI=1S/C18H28FNO2/c1-22-17-9-7-14(8-10-17)4-3-11-20-13-18(21)15-5-2-6-16(19)12-15/h2,5-6,12,14,17-18,20-21H,3-4,7-11,13H2,1H3/t14?,17?,18-/m0/s1. The highest BCUT2D eigenvalue weighted by molar-refractivity contribution is 5.18. The van der Waals surface area contributed by atoms with Gasteiger partial charge in [-0.2, -0.15) is 0 Å². The Labute approximate surface area is 132 Å². The molecule has 0 spiro atoms. The van der Waals surface area contributed by atoms with E-state index in [4.69, 9.17) is 4.74 Å². The van der Waals surface area contributed by atoms with Crippen LogP contribution in [0.1, 0.15) is 50.2 Å². The molecule has 0 heterocycles. The first-order valence-corrected chi connectivity index (χ1v) is 8.36. The normalized spacial score (nSPS) is 23.4. The number of aliphatic hydroxyl groups excluding tert-OH is 1. The molecule has 1 atom stereocenters. The zero-order valence-electron chi connectivity index (χ0n) is 13.4. The average Bonchev–Trinajstić information content (AvgIpc) is 2.55. The highest BCUT2D eigenvalue weighted by Gasteiger charge is 2.20. The molecule has 0 saturated heterocycles. The summed E-state index contributed by atoms with van der Waals surface area (Å²) < 4.78 is 18.5. The fourth-order valence-corrected chi connectivity index (χ4v) is 3.24. The number of nitrogens with one attached hydrogen (secondary N) is 1. The van der Waals surface area contributed by atoms with Crippen LogP contribution < -0.4 is 5.32 Å². The Morgan fingerprint density at radius 2 is 2.09 bits per heavy atom. The molecular weight excluding hydrogens is 281 g/mol. The average molecular weight is 309 g/mol. The molecule has 3 nitrogen and oxygen atoms in total. The van der Waals surface area contributed by atoms with Crippen molar-refractivity contribution < 1.29 is 14.2 Å². The van der Waals surface area contributed by atoms with Crippen LogP contribution in [0.3, 0.4) is 0 Å². The Morgan fingerprint density at radius 1 is 1.32 bits per heavy atom. The fraction of sp³-hybridized carbons (Fsp3) is 0.667. The molecule has 0 unspecified atom stereocenters. The van der Waals surface area contributed by atoms with E-state index >= 15 is 0 Å². The quantitative estimate of drug-likeness (QED) is 0.723. The van der Waals surface area contributed by atoms with E-state index in [0.717, 1.165) is 18.9 Å². The molecular formula is C18H28FNO2. The van der Waals surface area contributed by atoms with Crippen LogP contribution in [0.25, 0.3) is 0 Å². The second-order valence-electron chi connectivity index (χ2n) is 6.30. The molecule has 1 aliphatic rings. The fourth-order valence-electron chi connectivity index (χ4n) is 3.24. The monoisotopic (exact) mass is 309 g/mol. The van der Waals surface area contributed by atoms with Crippen LogP contribution in [0.4, 0.5) is 4.39 Å². The van der Waals surface area contributed by atoms with Gasteiger partial charge in [0.05, 0.1) is 12.2 Å². The van der Waals surface area contributed by atoms with Gasteiger partial charge in [0, 0.05) is 13.7 Å². The molecule has 22 heavy (non-hydrogen) atoms. The van der Waals surface area contributed by atoms with Gasteiger partial charge in [-0.1, -0.05) is 12.1 Å². The van der Waals surface area contributed by atoms with Gasteiger partial charge in [-0.05, 0) is 68.7 Å². The second kappa shape index (κ2) is 9.23. The molecule has 2 N–H and O–H groups in total. The number of halogens is 1. The molecule has 0 radical (unpaired) electrons. The molecule has 0 bridgehead atoms. The smallest absolute Gasteiger partial charge is 0.123 e. The molecule has 0 amide bonds. The summed E-state index contributed by atoms with van der Waals surface area (Å²) in [4.78, 5) is 0. The predicted octanol–water partition coefficient (Wildman–Crippen LogP) is 3.43. The van der Waals surface area contributed by atoms with Crippen molar-refractivity contribution in [3.63, 3.8) is 0 Å². The third kappa shape index (κ3) is 5.67. The van der Waals surface area contributed by atoms with E-state index in [-0.39, 0.29) is 5.82 Å². The largest absolute Gasteiger partial charge is 0.387 e. The van der Waals surface area contributed by atoms with E-state index in [2.05, 4.69) is 5.32 Å². The van der Waals surface area contributed by atoms with E-state index in [0.29, 0.717) is 18.2 Å². The number of ether oxygens (including phenoxy) is 1. The van der Waals surface area contributed by atoms with Gasteiger partial charge < -0.3 is 15.2 Å². The first kappa shape index (κ1) is 17.4. The zero-order valence-corrected chi connectivity index (χ0v) is 13.4. The van der Waals surface area contributed by atoms with Gasteiger partial charge in [-0.15, -0.1) is 0 Å². The molecule has 0 aliphatic heterocycles. The Bertz CT molecular complexity index is 433. The van der Waals surface area contributed by atoms with E-state index in [1.54, 1.807) is 19.2 Å². The molecule has 124 valence electrons. The minimum Gasteiger partial charge on any atom is -0.387 e.